The number of benzene rings is 3. The minimum absolute atomic E-state index is 0.129. The van der Waals surface area contributed by atoms with Crippen LogP contribution < -0.4 is 11.3 Å². The van der Waals surface area contributed by atoms with Crippen LogP contribution in [0.3, 0.4) is 0 Å². The molecule has 1 atom stereocenters. The van der Waals surface area contributed by atoms with Crippen LogP contribution in [0.1, 0.15) is 47.6 Å². The van der Waals surface area contributed by atoms with Crippen LogP contribution in [0.4, 0.5) is 0 Å². The largest absolute Gasteiger partial charge is 0.448 e. The SMILES string of the molecule is CCC(c1nc2c(oc3ccccc32)c(=O)n1Cc1ccccc1)N(CCCN)C(=O)c1ccc(Br)cc1. The Morgan fingerprint density at radius 1 is 1.05 bits per heavy atom. The monoisotopic (exact) mass is 572 g/mol. The average molecular weight is 573 g/mol. The number of nitrogens with two attached hydrogens (primary N) is 1. The molecular formula is C30H29BrN4O3. The van der Waals surface area contributed by atoms with Gasteiger partial charge in [-0.2, -0.15) is 0 Å². The number of rotatable bonds is 9. The molecule has 3 aromatic carbocycles. The van der Waals surface area contributed by atoms with Crippen LogP contribution in [0, 0.1) is 0 Å². The number of nitrogens with zero attached hydrogens (tertiary/aromatic N) is 3. The Hall–Kier alpha value is -3.75. The maximum atomic E-state index is 14.0. The second-order valence-corrected chi connectivity index (χ2v) is 10.1. The highest BCUT2D eigenvalue weighted by atomic mass is 79.9. The molecule has 0 bridgehead atoms. The molecule has 2 heterocycles. The van der Waals surface area contributed by atoms with Crippen molar-refractivity contribution in [2.75, 3.05) is 13.1 Å². The van der Waals surface area contributed by atoms with Gasteiger partial charge >= 0.3 is 0 Å². The molecule has 194 valence electrons. The van der Waals surface area contributed by atoms with E-state index in [1.807, 2.05) is 73.7 Å². The van der Waals surface area contributed by atoms with Crippen molar-refractivity contribution in [3.63, 3.8) is 0 Å². The molecule has 0 fully saturated rings. The Balaban J connectivity index is 1.71. The van der Waals surface area contributed by atoms with E-state index in [2.05, 4.69) is 15.9 Å². The van der Waals surface area contributed by atoms with Gasteiger partial charge in [-0.15, -0.1) is 0 Å². The Bertz CT molecular complexity index is 1630. The quantitative estimate of drug-likeness (QED) is 0.237. The first-order valence-corrected chi connectivity index (χ1v) is 13.5. The first kappa shape index (κ1) is 25.9. The summed E-state index contributed by atoms with van der Waals surface area (Å²) in [6.07, 6.45) is 1.19. The van der Waals surface area contributed by atoms with Gasteiger partial charge in [0, 0.05) is 22.0 Å². The number of furan rings is 1. The first-order chi connectivity index (χ1) is 18.5. The second kappa shape index (κ2) is 11.3. The molecule has 0 aliphatic carbocycles. The molecule has 38 heavy (non-hydrogen) atoms. The van der Waals surface area contributed by atoms with E-state index >= 15 is 0 Å². The molecule has 0 saturated heterocycles. The highest BCUT2D eigenvalue weighted by molar-refractivity contribution is 9.10. The van der Waals surface area contributed by atoms with Crippen LogP contribution in [0.25, 0.3) is 22.1 Å². The lowest BCUT2D eigenvalue weighted by Gasteiger charge is -2.32. The summed E-state index contributed by atoms with van der Waals surface area (Å²) in [6, 6.07) is 24.1. The van der Waals surface area contributed by atoms with E-state index in [0.29, 0.717) is 55.0 Å². The van der Waals surface area contributed by atoms with Crippen LogP contribution in [0.2, 0.25) is 0 Å². The average Bonchev–Trinajstić information content (AvgIpc) is 3.32. The lowest BCUT2D eigenvalue weighted by Crippen LogP contribution is -2.40. The van der Waals surface area contributed by atoms with Crippen molar-refractivity contribution >= 4 is 43.9 Å². The molecule has 2 N–H and O–H groups in total. The predicted octanol–water partition coefficient (Wildman–Crippen LogP) is 5.90. The molecule has 1 amide bonds. The van der Waals surface area contributed by atoms with Crippen molar-refractivity contribution in [2.24, 2.45) is 5.73 Å². The number of para-hydroxylation sites is 1. The first-order valence-electron chi connectivity index (χ1n) is 12.7. The van der Waals surface area contributed by atoms with Gasteiger partial charge in [-0.05, 0) is 61.3 Å². The standard InChI is InChI=1S/C30H29BrN4O3/c1-2-24(34(18-8-17-32)29(36)21-13-15-22(31)16-14-21)28-33-26-23-11-6-7-12-25(23)38-27(26)30(37)35(28)19-20-9-4-3-5-10-20/h3-7,9-16,24H,2,8,17-19,32H2,1H3. The van der Waals surface area contributed by atoms with E-state index in [1.165, 1.54) is 0 Å². The minimum atomic E-state index is -0.452. The molecular weight excluding hydrogens is 544 g/mol. The number of hydrogen-bond donors (Lipinski definition) is 1. The summed E-state index contributed by atoms with van der Waals surface area (Å²) in [7, 11) is 0. The van der Waals surface area contributed by atoms with Crippen LogP contribution in [-0.4, -0.2) is 33.4 Å². The summed E-state index contributed by atoms with van der Waals surface area (Å²) in [4.78, 5) is 34.7. The Kier molecular flexibility index (Phi) is 7.72. The van der Waals surface area contributed by atoms with E-state index in [0.717, 1.165) is 15.4 Å². The van der Waals surface area contributed by atoms with Gasteiger partial charge in [0.1, 0.15) is 16.9 Å². The van der Waals surface area contributed by atoms with Gasteiger partial charge in [0.05, 0.1) is 12.6 Å². The topological polar surface area (TPSA) is 94.4 Å². The van der Waals surface area contributed by atoms with Crippen molar-refractivity contribution in [3.05, 3.63) is 111 Å². The van der Waals surface area contributed by atoms with E-state index in [4.69, 9.17) is 15.1 Å². The molecule has 0 aliphatic heterocycles. The summed E-state index contributed by atoms with van der Waals surface area (Å²) in [5.74, 6) is 0.401. The smallest absolute Gasteiger partial charge is 0.297 e. The normalized spacial score (nSPS) is 12.2. The van der Waals surface area contributed by atoms with Crippen molar-refractivity contribution in [3.8, 4) is 0 Å². The van der Waals surface area contributed by atoms with Gasteiger partial charge in [0.2, 0.25) is 5.58 Å². The fourth-order valence-electron chi connectivity index (χ4n) is 4.82. The lowest BCUT2D eigenvalue weighted by atomic mass is 10.1. The Morgan fingerprint density at radius 3 is 2.47 bits per heavy atom. The maximum absolute atomic E-state index is 14.0. The number of amides is 1. The fourth-order valence-corrected chi connectivity index (χ4v) is 5.09. The number of carbonyl (C=O) groups excluding carboxylic acids is 1. The third-order valence-electron chi connectivity index (χ3n) is 6.71. The van der Waals surface area contributed by atoms with Crippen molar-refractivity contribution < 1.29 is 9.21 Å². The number of aromatic nitrogens is 2. The maximum Gasteiger partial charge on any atom is 0.297 e. The predicted molar refractivity (Wildman–Crippen MR) is 153 cm³/mol. The van der Waals surface area contributed by atoms with Crippen LogP contribution in [0.5, 0.6) is 0 Å². The zero-order valence-electron chi connectivity index (χ0n) is 21.1. The molecule has 0 radical (unpaired) electrons. The van der Waals surface area contributed by atoms with Crippen LogP contribution in [-0.2, 0) is 6.54 Å². The van der Waals surface area contributed by atoms with Crippen LogP contribution in [0.15, 0.2) is 92.5 Å². The molecule has 0 spiro atoms. The van der Waals surface area contributed by atoms with E-state index in [-0.39, 0.29) is 17.0 Å². The zero-order valence-corrected chi connectivity index (χ0v) is 22.7. The molecule has 0 saturated carbocycles. The Morgan fingerprint density at radius 2 is 1.76 bits per heavy atom. The van der Waals surface area contributed by atoms with Gasteiger partial charge in [-0.1, -0.05) is 65.3 Å². The molecule has 0 aliphatic rings. The molecule has 2 aromatic heterocycles. The molecule has 5 rings (SSSR count). The van der Waals surface area contributed by atoms with Crippen LogP contribution >= 0.6 is 15.9 Å². The van der Waals surface area contributed by atoms with Gasteiger partial charge < -0.3 is 15.1 Å². The van der Waals surface area contributed by atoms with Crippen molar-refractivity contribution in [1.82, 2.24) is 14.5 Å². The van der Waals surface area contributed by atoms with Gasteiger partial charge in [-0.3, -0.25) is 14.2 Å². The number of halogens is 1. The third kappa shape index (κ3) is 5.01. The summed E-state index contributed by atoms with van der Waals surface area (Å²) in [5.41, 5.74) is 8.46. The highest BCUT2D eigenvalue weighted by Gasteiger charge is 2.30. The van der Waals surface area contributed by atoms with Gasteiger partial charge in [0.25, 0.3) is 11.5 Å². The molecule has 5 aromatic rings. The highest BCUT2D eigenvalue weighted by Crippen LogP contribution is 2.30. The minimum Gasteiger partial charge on any atom is -0.448 e. The fraction of sp³-hybridized carbons (Fsp3) is 0.233. The summed E-state index contributed by atoms with van der Waals surface area (Å²) >= 11 is 3.44. The Labute approximate surface area is 229 Å². The number of fused-ring (bicyclic) bond motifs is 3. The summed E-state index contributed by atoms with van der Waals surface area (Å²) < 4.78 is 8.53. The van der Waals surface area contributed by atoms with E-state index < -0.39 is 6.04 Å². The zero-order chi connectivity index (χ0) is 26.6. The van der Waals surface area contributed by atoms with Gasteiger partial charge in [0.15, 0.2) is 0 Å². The molecule has 1 unspecified atom stereocenters. The summed E-state index contributed by atoms with van der Waals surface area (Å²) in [6.45, 7) is 3.19. The van der Waals surface area contributed by atoms with Crippen molar-refractivity contribution in [2.45, 2.75) is 32.4 Å². The lowest BCUT2D eigenvalue weighted by molar-refractivity contribution is 0.0655. The molecule has 8 heteroatoms. The van der Waals surface area contributed by atoms with Gasteiger partial charge in [-0.25, -0.2) is 4.98 Å². The molecule has 7 nitrogen and oxygen atoms in total. The number of carbonyl (C=O) groups is 1. The van der Waals surface area contributed by atoms with Crippen molar-refractivity contribution in [1.29, 1.82) is 0 Å². The van der Waals surface area contributed by atoms with E-state index in [9.17, 15) is 9.59 Å². The third-order valence-corrected chi connectivity index (χ3v) is 7.24. The second-order valence-electron chi connectivity index (χ2n) is 9.19. The summed E-state index contributed by atoms with van der Waals surface area (Å²) in [5, 5.41) is 0.773. The van der Waals surface area contributed by atoms with E-state index in [1.54, 1.807) is 21.6 Å². The number of hydrogen-bond acceptors (Lipinski definition) is 5.